The molecule has 0 spiro atoms. The second-order valence-corrected chi connectivity index (χ2v) is 8.25. The molecule has 1 aliphatic carbocycles. The van der Waals surface area contributed by atoms with Crippen LogP contribution in [-0.2, 0) is 4.79 Å². The Balaban J connectivity index is 1.46. The minimum atomic E-state index is -0.396. The molecule has 0 unspecified atom stereocenters. The summed E-state index contributed by atoms with van der Waals surface area (Å²) in [5.74, 6) is 0.0900. The van der Waals surface area contributed by atoms with E-state index in [9.17, 15) is 9.59 Å². The average Bonchev–Trinajstić information content (AvgIpc) is 3.27. The Kier molecular flexibility index (Phi) is 5.90. The van der Waals surface area contributed by atoms with Gasteiger partial charge in [-0.1, -0.05) is 35.9 Å². The number of anilines is 1. The number of halogens is 1. The lowest BCUT2D eigenvalue weighted by Crippen LogP contribution is -2.33. The molecule has 0 bridgehead atoms. The van der Waals surface area contributed by atoms with Gasteiger partial charge >= 0.3 is 0 Å². The molecule has 0 saturated heterocycles. The van der Waals surface area contributed by atoms with Gasteiger partial charge in [0.15, 0.2) is 14.8 Å². The van der Waals surface area contributed by atoms with Crippen LogP contribution in [0.15, 0.2) is 25.6 Å². The van der Waals surface area contributed by atoms with E-state index in [1.54, 1.807) is 12.1 Å². The third kappa shape index (κ3) is 4.81. The maximum Gasteiger partial charge on any atom is 0.293 e. The Labute approximate surface area is 155 Å². The van der Waals surface area contributed by atoms with Gasteiger partial charge in [-0.05, 0) is 40.9 Å². The van der Waals surface area contributed by atoms with Gasteiger partial charge in [-0.25, -0.2) is 0 Å². The van der Waals surface area contributed by atoms with Gasteiger partial charge in [0, 0.05) is 6.04 Å². The monoisotopic (exact) mass is 430 g/mol. The molecule has 0 atom stereocenters. The van der Waals surface area contributed by atoms with Gasteiger partial charge in [-0.15, -0.1) is 10.2 Å². The first-order valence-corrected chi connectivity index (χ1v) is 10.0. The molecule has 0 aliphatic heterocycles. The van der Waals surface area contributed by atoms with Crippen LogP contribution in [0.1, 0.15) is 36.2 Å². The summed E-state index contributed by atoms with van der Waals surface area (Å²) in [6.45, 7) is 0. The van der Waals surface area contributed by atoms with E-state index in [4.69, 9.17) is 4.42 Å². The largest absolute Gasteiger partial charge is 0.444 e. The van der Waals surface area contributed by atoms with E-state index in [1.165, 1.54) is 35.9 Å². The van der Waals surface area contributed by atoms with Gasteiger partial charge < -0.3 is 9.73 Å². The molecule has 7 nitrogen and oxygen atoms in total. The number of thioether (sulfide) groups is 1. The SMILES string of the molecule is O=C(CSc1nnc(NC(=O)c2ccc(Br)o2)s1)NC1CCCC1. The molecule has 2 N–H and O–H groups in total. The Hall–Kier alpha value is -1.39. The van der Waals surface area contributed by atoms with Crippen LogP contribution >= 0.6 is 39.0 Å². The number of furan rings is 1. The molecule has 2 aromatic heterocycles. The topological polar surface area (TPSA) is 97.1 Å². The molecule has 128 valence electrons. The molecular weight excluding hydrogens is 416 g/mol. The third-order valence-electron chi connectivity index (χ3n) is 3.47. The smallest absolute Gasteiger partial charge is 0.293 e. The van der Waals surface area contributed by atoms with Crippen molar-refractivity contribution >= 4 is 56.0 Å². The maximum atomic E-state index is 11.9. The molecule has 2 amide bonds. The predicted octanol–water partition coefficient (Wildman–Crippen LogP) is 3.30. The van der Waals surface area contributed by atoms with Crippen molar-refractivity contribution in [1.29, 1.82) is 0 Å². The quantitative estimate of drug-likeness (QED) is 0.538. The molecule has 24 heavy (non-hydrogen) atoms. The minimum Gasteiger partial charge on any atom is -0.444 e. The van der Waals surface area contributed by atoms with Crippen LogP contribution in [-0.4, -0.2) is 33.8 Å². The molecule has 2 aromatic rings. The van der Waals surface area contributed by atoms with Crippen molar-refractivity contribution in [3.05, 3.63) is 22.6 Å². The van der Waals surface area contributed by atoms with Gasteiger partial charge in [0.05, 0.1) is 5.75 Å². The molecular formula is C14H15BrN4O3S2. The average molecular weight is 431 g/mol. The van der Waals surface area contributed by atoms with E-state index < -0.39 is 5.91 Å². The predicted molar refractivity (Wildman–Crippen MR) is 95.4 cm³/mol. The number of amides is 2. The van der Waals surface area contributed by atoms with Crippen LogP contribution in [0.25, 0.3) is 0 Å². The lowest BCUT2D eigenvalue weighted by atomic mass is 10.2. The Morgan fingerprint density at radius 1 is 1.33 bits per heavy atom. The highest BCUT2D eigenvalue weighted by molar-refractivity contribution is 9.10. The summed E-state index contributed by atoms with van der Waals surface area (Å²) in [5.41, 5.74) is 0. The number of nitrogens with zero attached hydrogens (tertiary/aromatic N) is 2. The van der Waals surface area contributed by atoms with Crippen LogP contribution in [0, 0.1) is 0 Å². The number of nitrogens with one attached hydrogen (secondary N) is 2. The molecule has 3 rings (SSSR count). The summed E-state index contributed by atoms with van der Waals surface area (Å²) >= 11 is 5.68. The number of aromatic nitrogens is 2. The molecule has 2 heterocycles. The van der Waals surface area contributed by atoms with E-state index in [2.05, 4.69) is 36.8 Å². The summed E-state index contributed by atoms with van der Waals surface area (Å²) in [7, 11) is 0. The molecule has 1 aliphatic rings. The van der Waals surface area contributed by atoms with E-state index in [1.807, 2.05) is 0 Å². The maximum absolute atomic E-state index is 11.9. The Morgan fingerprint density at radius 2 is 2.12 bits per heavy atom. The van der Waals surface area contributed by atoms with Crippen LogP contribution in [0.4, 0.5) is 5.13 Å². The number of carbonyl (C=O) groups is 2. The standard InChI is InChI=1S/C14H15BrN4O3S2/c15-10-6-5-9(22-10)12(21)17-13-18-19-14(24-13)23-7-11(20)16-8-3-1-2-4-8/h5-6,8H,1-4,7H2,(H,16,20)(H,17,18,21). The van der Waals surface area contributed by atoms with Crippen LogP contribution in [0.3, 0.4) is 0 Å². The first kappa shape index (κ1) is 17.4. The van der Waals surface area contributed by atoms with Crippen molar-refractivity contribution in [2.45, 2.75) is 36.1 Å². The summed E-state index contributed by atoms with van der Waals surface area (Å²) in [6, 6.07) is 3.51. The fraction of sp³-hybridized carbons (Fsp3) is 0.429. The first-order chi connectivity index (χ1) is 11.6. The second kappa shape index (κ2) is 8.13. The van der Waals surface area contributed by atoms with Crippen molar-refractivity contribution < 1.29 is 14.0 Å². The van der Waals surface area contributed by atoms with E-state index >= 15 is 0 Å². The van der Waals surface area contributed by atoms with Crippen molar-refractivity contribution in [1.82, 2.24) is 15.5 Å². The zero-order valence-corrected chi connectivity index (χ0v) is 15.8. The lowest BCUT2D eigenvalue weighted by molar-refractivity contribution is -0.119. The third-order valence-corrected chi connectivity index (χ3v) is 5.87. The van der Waals surface area contributed by atoms with Gasteiger partial charge in [0.1, 0.15) is 0 Å². The number of rotatable bonds is 6. The van der Waals surface area contributed by atoms with Crippen LogP contribution in [0.5, 0.6) is 0 Å². The number of hydrogen-bond donors (Lipinski definition) is 2. The highest BCUT2D eigenvalue weighted by Crippen LogP contribution is 2.26. The Bertz CT molecular complexity index is 727. The highest BCUT2D eigenvalue weighted by atomic mass is 79.9. The first-order valence-electron chi connectivity index (χ1n) is 7.42. The zero-order valence-electron chi connectivity index (χ0n) is 12.6. The van der Waals surface area contributed by atoms with Gasteiger partial charge in [0.2, 0.25) is 11.0 Å². The molecule has 1 saturated carbocycles. The summed E-state index contributed by atoms with van der Waals surface area (Å²) in [5, 5.41) is 13.9. The normalized spacial score (nSPS) is 14.7. The van der Waals surface area contributed by atoms with E-state index in [-0.39, 0.29) is 11.7 Å². The van der Waals surface area contributed by atoms with Gasteiger partial charge in [-0.2, -0.15) is 0 Å². The summed E-state index contributed by atoms with van der Waals surface area (Å²) < 4.78 is 6.28. The van der Waals surface area contributed by atoms with E-state index in [0.717, 1.165) is 12.8 Å². The lowest BCUT2D eigenvalue weighted by Gasteiger charge is -2.10. The Morgan fingerprint density at radius 3 is 2.83 bits per heavy atom. The molecule has 0 aromatic carbocycles. The van der Waals surface area contributed by atoms with Gasteiger partial charge in [-0.3, -0.25) is 14.9 Å². The van der Waals surface area contributed by atoms with Crippen LogP contribution < -0.4 is 10.6 Å². The molecule has 1 fully saturated rings. The van der Waals surface area contributed by atoms with Crippen molar-refractivity contribution in [3.8, 4) is 0 Å². The van der Waals surface area contributed by atoms with E-state index in [0.29, 0.717) is 25.9 Å². The van der Waals surface area contributed by atoms with Gasteiger partial charge in [0.25, 0.3) is 5.91 Å². The number of hydrogen-bond acceptors (Lipinski definition) is 7. The molecule has 0 radical (unpaired) electrons. The fourth-order valence-corrected chi connectivity index (χ4v) is 4.25. The highest BCUT2D eigenvalue weighted by Gasteiger charge is 2.18. The summed E-state index contributed by atoms with van der Waals surface area (Å²) in [6.07, 6.45) is 4.50. The van der Waals surface area contributed by atoms with Crippen molar-refractivity contribution in [3.63, 3.8) is 0 Å². The zero-order chi connectivity index (χ0) is 16.9. The fourth-order valence-electron chi connectivity index (χ4n) is 2.38. The minimum absolute atomic E-state index is 0.00752. The molecule has 10 heteroatoms. The van der Waals surface area contributed by atoms with Crippen molar-refractivity contribution in [2.75, 3.05) is 11.1 Å². The van der Waals surface area contributed by atoms with Crippen LogP contribution in [0.2, 0.25) is 0 Å². The second-order valence-electron chi connectivity index (χ2n) is 5.27. The summed E-state index contributed by atoms with van der Waals surface area (Å²) in [4.78, 5) is 23.8. The number of carbonyl (C=O) groups excluding carboxylic acids is 2. The van der Waals surface area contributed by atoms with Crippen molar-refractivity contribution in [2.24, 2.45) is 0 Å².